The maximum Gasteiger partial charge on any atom is 0.289 e. The van der Waals surface area contributed by atoms with Crippen LogP contribution in [0.1, 0.15) is 11.1 Å². The molecule has 0 saturated carbocycles. The van der Waals surface area contributed by atoms with Crippen LogP contribution in [0.4, 0.5) is 15.8 Å². The van der Waals surface area contributed by atoms with Gasteiger partial charge in [-0.1, -0.05) is 48.5 Å². The number of nitrogens with zero attached hydrogens (tertiary/aromatic N) is 4. The molecule has 1 unspecified atom stereocenters. The van der Waals surface area contributed by atoms with Gasteiger partial charge in [-0.3, -0.25) is 14.9 Å². The number of nitro benzene ring substituents is 1. The summed E-state index contributed by atoms with van der Waals surface area (Å²) in [5, 5.41) is 11.6. The van der Waals surface area contributed by atoms with Crippen LogP contribution in [0.15, 0.2) is 77.7 Å². The van der Waals surface area contributed by atoms with Crippen molar-refractivity contribution in [2.75, 3.05) is 31.1 Å². The van der Waals surface area contributed by atoms with E-state index in [2.05, 4.69) is 0 Å². The first kappa shape index (κ1) is 24.8. The molecule has 11 heteroatoms. The lowest BCUT2D eigenvalue weighted by molar-refractivity contribution is -0.387. The van der Waals surface area contributed by atoms with Crippen LogP contribution in [0, 0.1) is 15.9 Å². The highest BCUT2D eigenvalue weighted by Crippen LogP contribution is 2.34. The summed E-state index contributed by atoms with van der Waals surface area (Å²) < 4.78 is 42.9. The molecule has 0 bridgehead atoms. The Morgan fingerprint density at radius 3 is 2.22 bits per heavy atom. The van der Waals surface area contributed by atoms with Crippen LogP contribution in [-0.4, -0.2) is 60.7 Å². The smallest absolute Gasteiger partial charge is 0.289 e. The number of rotatable bonds is 5. The molecule has 0 N–H and O–H groups in total. The minimum atomic E-state index is -4.39. The third-order valence-corrected chi connectivity index (χ3v) is 8.83. The number of halogens is 1. The molecule has 3 aromatic carbocycles. The Morgan fingerprint density at radius 1 is 0.892 bits per heavy atom. The van der Waals surface area contributed by atoms with Crippen molar-refractivity contribution in [1.82, 2.24) is 9.21 Å². The number of para-hydroxylation sites is 2. The van der Waals surface area contributed by atoms with Crippen LogP contribution in [0.2, 0.25) is 0 Å². The summed E-state index contributed by atoms with van der Waals surface area (Å²) in [5.41, 5.74) is 1.53. The largest absolute Gasteiger partial charge is 0.366 e. The monoisotopic (exact) mass is 524 g/mol. The van der Waals surface area contributed by atoms with Gasteiger partial charge in [0.1, 0.15) is 11.9 Å². The van der Waals surface area contributed by atoms with Crippen LogP contribution in [-0.2, 0) is 27.8 Å². The summed E-state index contributed by atoms with van der Waals surface area (Å²) in [6.45, 7) is 1.31. The van der Waals surface area contributed by atoms with Crippen molar-refractivity contribution in [2.24, 2.45) is 0 Å². The fourth-order valence-corrected chi connectivity index (χ4v) is 6.72. The van der Waals surface area contributed by atoms with Gasteiger partial charge in [-0.15, -0.1) is 0 Å². The number of sulfonamides is 1. The predicted molar refractivity (Wildman–Crippen MR) is 135 cm³/mol. The second-order valence-corrected chi connectivity index (χ2v) is 10.9. The van der Waals surface area contributed by atoms with Crippen LogP contribution < -0.4 is 4.90 Å². The summed E-state index contributed by atoms with van der Waals surface area (Å²) >= 11 is 0. The van der Waals surface area contributed by atoms with Gasteiger partial charge >= 0.3 is 0 Å². The molecule has 1 amide bonds. The zero-order valence-electron chi connectivity index (χ0n) is 19.9. The van der Waals surface area contributed by atoms with Crippen molar-refractivity contribution in [3.8, 4) is 0 Å². The molecule has 0 aliphatic carbocycles. The number of fused-ring (bicyclic) bond motifs is 1. The third kappa shape index (κ3) is 4.67. The van der Waals surface area contributed by atoms with E-state index in [-0.39, 0.29) is 24.7 Å². The molecular formula is C26H25FN4O5S. The average molecular weight is 525 g/mol. The Kier molecular flexibility index (Phi) is 6.65. The second-order valence-electron chi connectivity index (χ2n) is 9.03. The first-order valence-electron chi connectivity index (χ1n) is 11.9. The molecule has 2 aliphatic heterocycles. The van der Waals surface area contributed by atoms with Crippen LogP contribution in [0.3, 0.4) is 0 Å². The van der Waals surface area contributed by atoms with E-state index in [1.807, 2.05) is 17.0 Å². The maximum absolute atomic E-state index is 14.3. The molecule has 192 valence electrons. The third-order valence-electron chi connectivity index (χ3n) is 6.92. The van der Waals surface area contributed by atoms with E-state index in [4.69, 9.17) is 0 Å². The van der Waals surface area contributed by atoms with Crippen molar-refractivity contribution in [3.05, 3.63) is 99.9 Å². The van der Waals surface area contributed by atoms with Crippen molar-refractivity contribution < 1.29 is 22.5 Å². The molecule has 5 rings (SSSR count). The first-order valence-corrected chi connectivity index (χ1v) is 13.3. The molecule has 0 radical (unpaired) electrons. The molecule has 0 spiro atoms. The number of piperazine rings is 1. The molecule has 1 saturated heterocycles. The number of hydrogen-bond acceptors (Lipinski definition) is 6. The summed E-state index contributed by atoms with van der Waals surface area (Å²) in [7, 11) is -4.39. The maximum atomic E-state index is 14.3. The SMILES string of the molecule is O=C(C1Cc2ccccc2CN1S(=O)(=O)c1ccccc1[N+](=O)[O-])N1CCN(c2ccccc2F)CC1. The normalized spacial score (nSPS) is 18.4. The topological polar surface area (TPSA) is 104 Å². The highest BCUT2D eigenvalue weighted by molar-refractivity contribution is 7.89. The molecule has 3 aromatic rings. The number of amides is 1. The summed E-state index contributed by atoms with van der Waals surface area (Å²) in [6, 6.07) is 17.8. The Morgan fingerprint density at radius 2 is 1.51 bits per heavy atom. The van der Waals surface area contributed by atoms with Crippen LogP contribution >= 0.6 is 0 Å². The van der Waals surface area contributed by atoms with E-state index < -0.39 is 31.6 Å². The summed E-state index contributed by atoms with van der Waals surface area (Å²) in [6.07, 6.45) is 0.155. The quantitative estimate of drug-likeness (QED) is 0.375. The van der Waals surface area contributed by atoms with E-state index >= 15 is 0 Å². The zero-order chi connectivity index (χ0) is 26.2. The molecule has 2 heterocycles. The molecule has 2 aliphatic rings. The number of anilines is 1. The van der Waals surface area contributed by atoms with Gasteiger partial charge < -0.3 is 9.80 Å². The highest BCUT2D eigenvalue weighted by Gasteiger charge is 2.43. The molecule has 1 atom stereocenters. The van der Waals surface area contributed by atoms with Gasteiger partial charge in [0.2, 0.25) is 5.91 Å². The standard InChI is InChI=1S/C26H25FN4O5S/c27-21-9-3-4-10-22(21)28-13-15-29(16-14-28)26(32)24-17-19-7-1-2-8-20(19)18-30(24)37(35,36)25-12-6-5-11-23(25)31(33)34/h1-12,24H,13-18H2. The lowest BCUT2D eigenvalue weighted by atomic mass is 9.95. The van der Waals surface area contributed by atoms with E-state index in [1.165, 1.54) is 24.3 Å². The summed E-state index contributed by atoms with van der Waals surface area (Å²) in [4.78, 5) is 27.7. The summed E-state index contributed by atoms with van der Waals surface area (Å²) in [5.74, 6) is -0.710. The number of nitro groups is 1. The van der Waals surface area contributed by atoms with Crippen molar-refractivity contribution in [2.45, 2.75) is 23.9 Å². The lowest BCUT2D eigenvalue weighted by Crippen LogP contribution is -2.57. The second kappa shape index (κ2) is 9.91. The average Bonchev–Trinajstić information content (AvgIpc) is 2.92. The Balaban J connectivity index is 1.45. The predicted octanol–water partition coefficient (Wildman–Crippen LogP) is 3.20. The van der Waals surface area contributed by atoms with E-state index in [0.29, 0.717) is 31.9 Å². The van der Waals surface area contributed by atoms with Gasteiger partial charge in [0, 0.05) is 38.8 Å². The molecule has 1 fully saturated rings. The molecular weight excluding hydrogens is 499 g/mol. The van der Waals surface area contributed by atoms with Gasteiger partial charge in [-0.25, -0.2) is 12.8 Å². The van der Waals surface area contributed by atoms with Gasteiger partial charge in [0.15, 0.2) is 4.90 Å². The Labute approximate surface area is 213 Å². The van der Waals surface area contributed by atoms with Gasteiger partial charge in [0.25, 0.3) is 15.7 Å². The van der Waals surface area contributed by atoms with E-state index in [0.717, 1.165) is 21.5 Å². The number of hydrogen-bond donors (Lipinski definition) is 0. The number of carbonyl (C=O) groups excluding carboxylic acids is 1. The lowest BCUT2D eigenvalue weighted by Gasteiger charge is -2.41. The van der Waals surface area contributed by atoms with Gasteiger partial charge in [0.05, 0.1) is 10.6 Å². The first-order chi connectivity index (χ1) is 17.8. The van der Waals surface area contributed by atoms with Crippen molar-refractivity contribution in [1.29, 1.82) is 0 Å². The minimum absolute atomic E-state index is 0.0733. The van der Waals surface area contributed by atoms with Crippen LogP contribution in [0.25, 0.3) is 0 Å². The van der Waals surface area contributed by atoms with Gasteiger partial charge in [-0.2, -0.15) is 4.31 Å². The fourth-order valence-electron chi connectivity index (χ4n) is 5.00. The molecule has 9 nitrogen and oxygen atoms in total. The highest BCUT2D eigenvalue weighted by atomic mass is 32.2. The Hall–Kier alpha value is -3.83. The zero-order valence-corrected chi connectivity index (χ0v) is 20.7. The number of carbonyl (C=O) groups is 1. The van der Waals surface area contributed by atoms with E-state index in [9.17, 15) is 27.7 Å². The van der Waals surface area contributed by atoms with E-state index in [1.54, 1.807) is 35.2 Å². The molecule has 37 heavy (non-hydrogen) atoms. The van der Waals surface area contributed by atoms with Crippen molar-refractivity contribution in [3.63, 3.8) is 0 Å². The fraction of sp³-hybridized carbons (Fsp3) is 0.269. The molecule has 0 aromatic heterocycles. The van der Waals surface area contributed by atoms with Crippen molar-refractivity contribution >= 4 is 27.3 Å². The number of benzene rings is 3. The Bertz CT molecular complexity index is 1460. The minimum Gasteiger partial charge on any atom is -0.366 e. The van der Waals surface area contributed by atoms with Crippen LogP contribution in [0.5, 0.6) is 0 Å². The van der Waals surface area contributed by atoms with Gasteiger partial charge in [-0.05, 0) is 35.7 Å².